The van der Waals surface area contributed by atoms with Gasteiger partial charge in [-0.3, -0.25) is 14.2 Å². The topological polar surface area (TPSA) is 64.0 Å². The molecule has 162 valence electrons. The molecule has 1 aromatic heterocycles. The predicted octanol–water partition coefficient (Wildman–Crippen LogP) is 4.70. The number of hydrogen-bond donors (Lipinski definition) is 1. The molecule has 1 aliphatic rings. The van der Waals surface area contributed by atoms with Crippen molar-refractivity contribution in [2.24, 2.45) is 5.92 Å². The minimum Gasteiger partial charge on any atom is -0.355 e. The number of thioether (sulfide) groups is 1. The minimum atomic E-state index is -0.516. The summed E-state index contributed by atoms with van der Waals surface area (Å²) >= 11 is 1.17. The van der Waals surface area contributed by atoms with Crippen molar-refractivity contribution in [1.29, 1.82) is 0 Å². The number of para-hydroxylation sites is 2. The minimum absolute atomic E-state index is 0.0990. The first kappa shape index (κ1) is 21.6. The van der Waals surface area contributed by atoms with Crippen LogP contribution in [0.25, 0.3) is 16.6 Å². The summed E-state index contributed by atoms with van der Waals surface area (Å²) in [4.78, 5) is 30.6. The highest BCUT2D eigenvalue weighted by molar-refractivity contribution is 8.00. The molecule has 0 spiro atoms. The Morgan fingerprint density at radius 1 is 1.16 bits per heavy atom. The molecule has 1 N–H and O–H groups in total. The molecule has 0 radical (unpaired) electrons. The Hall–Kier alpha value is -2.67. The molecule has 1 saturated carbocycles. The fourth-order valence-electron chi connectivity index (χ4n) is 4.03. The normalized spacial score (nSPS) is 15.7. The lowest BCUT2D eigenvalue weighted by molar-refractivity contribution is -0.120. The Labute approximate surface area is 185 Å². The molecule has 0 bridgehead atoms. The highest BCUT2D eigenvalue weighted by atomic mass is 32.2. The van der Waals surface area contributed by atoms with E-state index in [1.165, 1.54) is 41.7 Å². The van der Waals surface area contributed by atoms with Crippen molar-refractivity contribution >= 4 is 28.6 Å². The molecule has 1 unspecified atom stereocenters. The molecule has 1 atom stereocenters. The summed E-state index contributed by atoms with van der Waals surface area (Å²) in [5.74, 6) is -0.0821. The van der Waals surface area contributed by atoms with Gasteiger partial charge >= 0.3 is 0 Å². The van der Waals surface area contributed by atoms with Crippen LogP contribution in [-0.4, -0.2) is 27.3 Å². The Morgan fingerprint density at radius 2 is 1.87 bits per heavy atom. The quantitative estimate of drug-likeness (QED) is 0.447. The van der Waals surface area contributed by atoms with E-state index in [0.29, 0.717) is 28.5 Å². The number of carbonyl (C=O) groups excluding carboxylic acids is 1. The van der Waals surface area contributed by atoms with Gasteiger partial charge in [-0.05, 0) is 49.9 Å². The second-order valence-corrected chi connectivity index (χ2v) is 9.32. The van der Waals surface area contributed by atoms with Crippen LogP contribution in [0.4, 0.5) is 4.39 Å². The van der Waals surface area contributed by atoms with Crippen LogP contribution < -0.4 is 10.9 Å². The standard InChI is InChI=1S/C24H26FN3O2S/c1-16(22(29)26-15-17-9-3-2-4-10-17)31-24-27-20-13-7-5-11-18(20)23(30)28(24)21-14-8-6-12-19(21)25/h5-8,11-14,16-17H,2-4,9-10,15H2,1H3,(H,26,29). The summed E-state index contributed by atoms with van der Waals surface area (Å²) in [6, 6.07) is 13.1. The van der Waals surface area contributed by atoms with Crippen molar-refractivity contribution in [2.45, 2.75) is 49.4 Å². The highest BCUT2D eigenvalue weighted by Gasteiger charge is 2.22. The van der Waals surface area contributed by atoms with Crippen molar-refractivity contribution in [1.82, 2.24) is 14.9 Å². The fourth-order valence-corrected chi connectivity index (χ4v) is 4.97. The van der Waals surface area contributed by atoms with E-state index >= 15 is 0 Å². The molecule has 0 aliphatic heterocycles. The molecular weight excluding hydrogens is 413 g/mol. The lowest BCUT2D eigenvalue weighted by atomic mass is 9.89. The lowest BCUT2D eigenvalue weighted by Crippen LogP contribution is -2.35. The molecule has 0 saturated heterocycles. The van der Waals surface area contributed by atoms with Crippen LogP contribution in [0.2, 0.25) is 0 Å². The SMILES string of the molecule is CC(Sc1nc2ccccc2c(=O)n1-c1ccccc1F)C(=O)NCC1CCCCC1. The van der Waals surface area contributed by atoms with Gasteiger partial charge in [-0.2, -0.15) is 0 Å². The maximum Gasteiger partial charge on any atom is 0.266 e. The number of carbonyl (C=O) groups is 1. The van der Waals surface area contributed by atoms with E-state index in [9.17, 15) is 14.0 Å². The van der Waals surface area contributed by atoms with Gasteiger partial charge in [-0.15, -0.1) is 0 Å². The maximum atomic E-state index is 14.6. The molecule has 2 aromatic carbocycles. The number of nitrogens with zero attached hydrogens (tertiary/aromatic N) is 2. The molecule has 3 aromatic rings. The molecule has 5 nitrogen and oxygen atoms in total. The second kappa shape index (κ2) is 9.64. The third-order valence-electron chi connectivity index (χ3n) is 5.78. The number of aromatic nitrogens is 2. The van der Waals surface area contributed by atoms with E-state index in [1.807, 2.05) is 0 Å². The van der Waals surface area contributed by atoms with Crippen LogP contribution in [0, 0.1) is 11.7 Å². The molecule has 1 fully saturated rings. The number of nitrogens with one attached hydrogen (secondary N) is 1. The third-order valence-corrected chi connectivity index (χ3v) is 6.83. The van der Waals surface area contributed by atoms with Crippen LogP contribution in [0.15, 0.2) is 58.5 Å². The molecular formula is C24H26FN3O2S. The van der Waals surface area contributed by atoms with Crippen molar-refractivity contribution in [2.75, 3.05) is 6.54 Å². The van der Waals surface area contributed by atoms with Gasteiger partial charge in [0.2, 0.25) is 5.91 Å². The molecule has 1 heterocycles. The Kier molecular flexibility index (Phi) is 6.70. The van der Waals surface area contributed by atoms with Gasteiger partial charge in [0.15, 0.2) is 5.16 Å². The zero-order valence-electron chi connectivity index (χ0n) is 17.5. The monoisotopic (exact) mass is 439 g/mol. The molecule has 1 aliphatic carbocycles. The van der Waals surface area contributed by atoms with Gasteiger partial charge in [0.1, 0.15) is 5.82 Å². The van der Waals surface area contributed by atoms with Crippen LogP contribution in [0.5, 0.6) is 0 Å². The van der Waals surface area contributed by atoms with Crippen LogP contribution in [0.1, 0.15) is 39.0 Å². The molecule has 4 rings (SSSR count). The molecule has 31 heavy (non-hydrogen) atoms. The number of fused-ring (bicyclic) bond motifs is 1. The van der Waals surface area contributed by atoms with Crippen molar-refractivity contribution < 1.29 is 9.18 Å². The number of amides is 1. The number of halogens is 1. The Bertz CT molecular complexity index is 1140. The van der Waals surface area contributed by atoms with Gasteiger partial charge in [0, 0.05) is 6.54 Å². The van der Waals surface area contributed by atoms with Crippen LogP contribution in [-0.2, 0) is 4.79 Å². The first-order chi connectivity index (χ1) is 15.0. The molecule has 7 heteroatoms. The second-order valence-electron chi connectivity index (χ2n) is 8.01. The average Bonchev–Trinajstić information content (AvgIpc) is 2.79. The van der Waals surface area contributed by atoms with E-state index in [4.69, 9.17) is 0 Å². The Morgan fingerprint density at radius 3 is 2.65 bits per heavy atom. The molecule has 1 amide bonds. The summed E-state index contributed by atoms with van der Waals surface area (Å²) in [6.45, 7) is 2.46. The summed E-state index contributed by atoms with van der Waals surface area (Å²) in [6.07, 6.45) is 6.03. The third kappa shape index (κ3) is 4.82. The lowest BCUT2D eigenvalue weighted by Gasteiger charge is -2.22. The van der Waals surface area contributed by atoms with Crippen molar-refractivity contribution in [3.8, 4) is 5.69 Å². The first-order valence-corrected chi connectivity index (χ1v) is 11.6. The summed E-state index contributed by atoms with van der Waals surface area (Å²) in [5, 5.41) is 3.28. The van der Waals surface area contributed by atoms with E-state index in [0.717, 1.165) is 12.8 Å². The average molecular weight is 440 g/mol. The Balaban J connectivity index is 1.63. The van der Waals surface area contributed by atoms with Gasteiger partial charge in [-0.25, -0.2) is 9.37 Å². The van der Waals surface area contributed by atoms with Crippen molar-refractivity contribution in [3.05, 3.63) is 64.7 Å². The van der Waals surface area contributed by atoms with Crippen LogP contribution >= 0.6 is 11.8 Å². The zero-order chi connectivity index (χ0) is 21.8. The summed E-state index contributed by atoms with van der Waals surface area (Å²) in [5.41, 5.74) is 0.300. The largest absolute Gasteiger partial charge is 0.355 e. The van der Waals surface area contributed by atoms with Gasteiger partial charge in [0.05, 0.1) is 21.8 Å². The smallest absolute Gasteiger partial charge is 0.266 e. The fraction of sp³-hybridized carbons (Fsp3) is 0.375. The van der Waals surface area contributed by atoms with Gasteiger partial charge in [0.25, 0.3) is 5.56 Å². The van der Waals surface area contributed by atoms with Gasteiger partial charge in [-0.1, -0.05) is 55.3 Å². The zero-order valence-corrected chi connectivity index (χ0v) is 18.3. The number of hydrogen-bond acceptors (Lipinski definition) is 4. The van der Waals surface area contributed by atoms with Crippen LogP contribution in [0.3, 0.4) is 0 Å². The summed E-state index contributed by atoms with van der Waals surface area (Å²) in [7, 11) is 0. The van der Waals surface area contributed by atoms with E-state index in [2.05, 4.69) is 10.3 Å². The van der Waals surface area contributed by atoms with E-state index < -0.39 is 11.1 Å². The van der Waals surface area contributed by atoms with Gasteiger partial charge < -0.3 is 5.32 Å². The van der Waals surface area contributed by atoms with E-state index in [1.54, 1.807) is 49.4 Å². The highest BCUT2D eigenvalue weighted by Crippen LogP contribution is 2.27. The van der Waals surface area contributed by atoms with E-state index in [-0.39, 0.29) is 17.2 Å². The number of benzene rings is 2. The summed E-state index contributed by atoms with van der Waals surface area (Å²) < 4.78 is 15.9. The number of rotatable bonds is 6. The van der Waals surface area contributed by atoms with Crippen molar-refractivity contribution in [3.63, 3.8) is 0 Å². The first-order valence-electron chi connectivity index (χ1n) is 10.8. The predicted molar refractivity (Wildman–Crippen MR) is 122 cm³/mol. The maximum absolute atomic E-state index is 14.6.